The molecule has 1 aromatic heterocycles. The monoisotopic (exact) mass is 441 g/mol. The van der Waals surface area contributed by atoms with E-state index in [4.69, 9.17) is 0 Å². The molecule has 0 bridgehead atoms. The predicted molar refractivity (Wildman–Crippen MR) is 131 cm³/mol. The molecule has 0 radical (unpaired) electrons. The van der Waals surface area contributed by atoms with Crippen LogP contribution in [0.25, 0.3) is 0 Å². The number of amides is 2. The second kappa shape index (κ2) is 10.9. The number of rotatable bonds is 8. The van der Waals surface area contributed by atoms with Gasteiger partial charge in [0.05, 0.1) is 25.2 Å². The van der Waals surface area contributed by atoms with E-state index in [1.54, 1.807) is 6.20 Å². The molecule has 1 N–H and O–H groups in total. The van der Waals surface area contributed by atoms with Crippen LogP contribution < -0.4 is 10.2 Å². The number of carbonyl (C=O) groups excluding carboxylic acids is 2. The molecule has 2 aromatic carbocycles. The van der Waals surface area contributed by atoms with Crippen molar-refractivity contribution < 1.29 is 9.59 Å². The Bertz CT molecular complexity index is 1070. The minimum Gasteiger partial charge on any atom is -0.350 e. The molecule has 0 unspecified atom stereocenters. The maximum absolute atomic E-state index is 13.4. The fraction of sp³-hybridized carbons (Fsp3) is 0.321. The lowest BCUT2D eigenvalue weighted by Crippen LogP contribution is -2.35. The number of nitrogens with zero attached hydrogens (tertiary/aromatic N) is 2. The van der Waals surface area contributed by atoms with Crippen molar-refractivity contribution in [1.82, 2.24) is 10.3 Å². The van der Waals surface area contributed by atoms with Gasteiger partial charge in [0.2, 0.25) is 11.8 Å². The van der Waals surface area contributed by atoms with E-state index in [-0.39, 0.29) is 17.7 Å². The third kappa shape index (κ3) is 6.28. The zero-order chi connectivity index (χ0) is 23.0. The summed E-state index contributed by atoms with van der Waals surface area (Å²) in [5.74, 6) is 0.258. The number of benzene rings is 2. The number of pyridine rings is 1. The zero-order valence-corrected chi connectivity index (χ0v) is 19.2. The third-order valence-corrected chi connectivity index (χ3v) is 6.20. The first-order chi connectivity index (χ1) is 16.1. The molecule has 33 heavy (non-hydrogen) atoms. The van der Waals surface area contributed by atoms with Gasteiger partial charge >= 0.3 is 0 Å². The van der Waals surface area contributed by atoms with Crippen LogP contribution in [0.2, 0.25) is 0 Å². The molecule has 0 aliphatic heterocycles. The highest BCUT2D eigenvalue weighted by atomic mass is 16.2. The van der Waals surface area contributed by atoms with Gasteiger partial charge in [0.1, 0.15) is 0 Å². The quantitative estimate of drug-likeness (QED) is 0.537. The van der Waals surface area contributed by atoms with Crippen molar-refractivity contribution in [2.45, 2.75) is 52.1 Å². The maximum atomic E-state index is 13.4. The Labute approximate surface area is 195 Å². The van der Waals surface area contributed by atoms with Crippen molar-refractivity contribution in [3.05, 3.63) is 95.3 Å². The van der Waals surface area contributed by atoms with Gasteiger partial charge in [-0.1, -0.05) is 60.9 Å². The molecule has 0 spiro atoms. The first kappa shape index (κ1) is 22.7. The summed E-state index contributed by atoms with van der Waals surface area (Å²) in [6, 6.07) is 21.8. The largest absolute Gasteiger partial charge is 0.350 e. The fourth-order valence-corrected chi connectivity index (χ4v) is 4.42. The second-order valence-electron chi connectivity index (χ2n) is 8.84. The van der Waals surface area contributed by atoms with Gasteiger partial charge in [-0.2, -0.15) is 0 Å². The van der Waals surface area contributed by atoms with Crippen molar-refractivity contribution in [3.8, 4) is 0 Å². The molecule has 5 nitrogen and oxygen atoms in total. The lowest BCUT2D eigenvalue weighted by molar-refractivity contribution is -0.122. The van der Waals surface area contributed by atoms with E-state index in [0.717, 1.165) is 48.2 Å². The van der Waals surface area contributed by atoms with Crippen LogP contribution >= 0.6 is 0 Å². The Kier molecular flexibility index (Phi) is 7.51. The Balaban J connectivity index is 1.44. The first-order valence-corrected chi connectivity index (χ1v) is 11.7. The molecule has 1 aliphatic rings. The van der Waals surface area contributed by atoms with Crippen LogP contribution in [0.4, 0.5) is 5.69 Å². The minimum atomic E-state index is -0.0490. The van der Waals surface area contributed by atoms with Gasteiger partial charge in [-0.25, -0.2) is 0 Å². The molecule has 1 heterocycles. The summed E-state index contributed by atoms with van der Waals surface area (Å²) in [7, 11) is 0. The minimum absolute atomic E-state index is 0.0490. The SMILES string of the molecule is Cc1cccc(CN(C(=O)C2CCCC2)c2ccc(CC(=O)NCc3ccccn3)cc2)c1. The van der Waals surface area contributed by atoms with Crippen LogP contribution in [0.1, 0.15) is 48.1 Å². The molecule has 0 atom stereocenters. The van der Waals surface area contributed by atoms with Gasteiger partial charge in [-0.05, 0) is 55.2 Å². The van der Waals surface area contributed by atoms with Gasteiger partial charge < -0.3 is 10.2 Å². The van der Waals surface area contributed by atoms with Crippen molar-refractivity contribution >= 4 is 17.5 Å². The summed E-state index contributed by atoms with van der Waals surface area (Å²) >= 11 is 0. The van der Waals surface area contributed by atoms with Crippen molar-refractivity contribution in [3.63, 3.8) is 0 Å². The third-order valence-electron chi connectivity index (χ3n) is 6.20. The van der Waals surface area contributed by atoms with E-state index in [2.05, 4.69) is 35.4 Å². The molecule has 0 saturated heterocycles. The Morgan fingerprint density at radius 1 is 0.970 bits per heavy atom. The van der Waals surface area contributed by atoms with Gasteiger partial charge in [-0.3, -0.25) is 14.6 Å². The van der Waals surface area contributed by atoms with Crippen LogP contribution in [0.15, 0.2) is 72.9 Å². The zero-order valence-electron chi connectivity index (χ0n) is 19.2. The van der Waals surface area contributed by atoms with E-state index in [1.807, 2.05) is 53.4 Å². The van der Waals surface area contributed by atoms with E-state index < -0.39 is 0 Å². The molecule has 1 saturated carbocycles. The van der Waals surface area contributed by atoms with E-state index in [0.29, 0.717) is 19.5 Å². The summed E-state index contributed by atoms with van der Waals surface area (Å²) in [5, 5.41) is 2.91. The molecule has 1 aliphatic carbocycles. The number of hydrogen-bond donors (Lipinski definition) is 1. The van der Waals surface area contributed by atoms with E-state index in [1.165, 1.54) is 5.56 Å². The van der Waals surface area contributed by atoms with Gasteiger partial charge in [0, 0.05) is 17.8 Å². The van der Waals surface area contributed by atoms with Crippen molar-refractivity contribution in [1.29, 1.82) is 0 Å². The number of aryl methyl sites for hydroxylation is 1. The van der Waals surface area contributed by atoms with Gasteiger partial charge in [0.25, 0.3) is 0 Å². The highest BCUT2D eigenvalue weighted by Gasteiger charge is 2.28. The highest BCUT2D eigenvalue weighted by Crippen LogP contribution is 2.30. The summed E-state index contributed by atoms with van der Waals surface area (Å²) in [6.07, 6.45) is 6.20. The smallest absolute Gasteiger partial charge is 0.230 e. The molecule has 2 amide bonds. The van der Waals surface area contributed by atoms with Crippen LogP contribution in [0.5, 0.6) is 0 Å². The Morgan fingerprint density at radius 3 is 2.45 bits per heavy atom. The molecule has 3 aromatic rings. The summed E-state index contributed by atoms with van der Waals surface area (Å²) in [6.45, 7) is 3.04. The Morgan fingerprint density at radius 2 is 1.76 bits per heavy atom. The number of anilines is 1. The number of hydrogen-bond acceptors (Lipinski definition) is 3. The highest BCUT2D eigenvalue weighted by molar-refractivity contribution is 5.95. The summed E-state index contributed by atoms with van der Waals surface area (Å²) < 4.78 is 0. The van der Waals surface area contributed by atoms with Crippen molar-refractivity contribution in [2.75, 3.05) is 4.90 Å². The number of aromatic nitrogens is 1. The lowest BCUT2D eigenvalue weighted by Gasteiger charge is -2.26. The second-order valence-corrected chi connectivity index (χ2v) is 8.84. The van der Waals surface area contributed by atoms with Crippen LogP contribution in [-0.2, 0) is 29.1 Å². The average Bonchev–Trinajstić information content (AvgIpc) is 3.37. The lowest BCUT2D eigenvalue weighted by atomic mass is 10.0. The fourth-order valence-electron chi connectivity index (χ4n) is 4.42. The van der Waals surface area contributed by atoms with E-state index in [9.17, 15) is 9.59 Å². The standard InChI is InChI=1S/C28H31N3O2/c1-21-7-6-8-23(17-21)20-31(28(33)24-9-2-3-10-24)26-14-12-22(13-15-26)18-27(32)30-19-25-11-4-5-16-29-25/h4-8,11-17,24H,2-3,9-10,18-20H2,1H3,(H,30,32). The molecule has 5 heteroatoms. The molecule has 170 valence electrons. The predicted octanol–water partition coefficient (Wildman–Crippen LogP) is 4.97. The van der Waals surface area contributed by atoms with Crippen LogP contribution in [0.3, 0.4) is 0 Å². The van der Waals surface area contributed by atoms with Crippen molar-refractivity contribution in [2.24, 2.45) is 5.92 Å². The molecular formula is C28H31N3O2. The average molecular weight is 442 g/mol. The first-order valence-electron chi connectivity index (χ1n) is 11.7. The molecular weight excluding hydrogens is 410 g/mol. The Hall–Kier alpha value is -3.47. The topological polar surface area (TPSA) is 62.3 Å². The van der Waals surface area contributed by atoms with Crippen LogP contribution in [-0.4, -0.2) is 16.8 Å². The summed E-state index contributed by atoms with van der Waals surface area (Å²) in [4.78, 5) is 31.9. The van der Waals surface area contributed by atoms with Gasteiger partial charge in [-0.15, -0.1) is 0 Å². The number of nitrogens with one attached hydrogen (secondary N) is 1. The summed E-state index contributed by atoms with van der Waals surface area (Å²) in [5.41, 5.74) is 4.94. The normalized spacial score (nSPS) is 13.6. The van der Waals surface area contributed by atoms with Crippen LogP contribution in [0, 0.1) is 12.8 Å². The maximum Gasteiger partial charge on any atom is 0.230 e. The molecule has 4 rings (SSSR count). The number of carbonyl (C=O) groups is 2. The van der Waals surface area contributed by atoms with E-state index >= 15 is 0 Å². The molecule has 1 fully saturated rings. The van der Waals surface area contributed by atoms with Gasteiger partial charge in [0.15, 0.2) is 0 Å².